The number of hydrogen-bond donors (Lipinski definition) is 1. The average Bonchev–Trinajstić information content (AvgIpc) is 2.66. The number of benzene rings is 2. The van der Waals surface area contributed by atoms with Gasteiger partial charge in [-0.25, -0.2) is 4.39 Å². The number of nitrogens with one attached hydrogen (secondary N) is 1. The van der Waals surface area contributed by atoms with Crippen LogP contribution in [0.2, 0.25) is 0 Å². The predicted molar refractivity (Wildman–Crippen MR) is 101 cm³/mol. The molecule has 2 aromatic carbocycles. The van der Waals surface area contributed by atoms with Crippen LogP contribution in [0.25, 0.3) is 0 Å². The number of fused-ring (bicyclic) bond motifs is 1. The topological polar surface area (TPSA) is 58.6 Å². The minimum absolute atomic E-state index is 0.0186. The van der Waals surface area contributed by atoms with Crippen LogP contribution < -0.4 is 10.1 Å². The Morgan fingerprint density at radius 3 is 2.81 bits per heavy atom. The molecule has 2 aromatic rings. The molecule has 27 heavy (non-hydrogen) atoms. The van der Waals surface area contributed by atoms with E-state index in [1.165, 1.54) is 18.2 Å². The highest BCUT2D eigenvalue weighted by atomic mass is 19.1. The molecule has 0 fully saturated rings. The number of halogens is 1. The Bertz CT molecular complexity index is 853. The number of carbonyl (C=O) groups excluding carboxylic acids is 2. The summed E-state index contributed by atoms with van der Waals surface area (Å²) < 4.78 is 19.2. The van der Waals surface area contributed by atoms with Crippen LogP contribution in [-0.4, -0.2) is 29.9 Å². The molecule has 0 aromatic heterocycles. The molecular formula is C21H23FN2O3. The molecule has 1 heterocycles. The summed E-state index contributed by atoms with van der Waals surface area (Å²) in [6, 6.07) is 11.7. The number of hydrogen-bond acceptors (Lipinski definition) is 3. The van der Waals surface area contributed by atoms with Crippen LogP contribution in [-0.2, 0) is 16.1 Å². The van der Waals surface area contributed by atoms with Gasteiger partial charge in [0, 0.05) is 25.2 Å². The fourth-order valence-corrected chi connectivity index (χ4v) is 3.34. The fraction of sp³-hybridized carbons (Fsp3) is 0.333. The van der Waals surface area contributed by atoms with Crippen molar-refractivity contribution in [3.63, 3.8) is 0 Å². The second-order valence-electron chi connectivity index (χ2n) is 6.47. The van der Waals surface area contributed by atoms with Crippen molar-refractivity contribution in [3.05, 3.63) is 59.4 Å². The van der Waals surface area contributed by atoms with Gasteiger partial charge in [-0.3, -0.25) is 9.59 Å². The maximum Gasteiger partial charge on any atom is 0.231 e. The van der Waals surface area contributed by atoms with Crippen LogP contribution >= 0.6 is 0 Å². The van der Waals surface area contributed by atoms with Crippen molar-refractivity contribution in [1.82, 2.24) is 4.90 Å². The molecule has 0 aliphatic carbocycles. The van der Waals surface area contributed by atoms with E-state index in [-0.39, 0.29) is 18.2 Å². The van der Waals surface area contributed by atoms with Crippen molar-refractivity contribution < 1.29 is 18.7 Å². The van der Waals surface area contributed by atoms with Gasteiger partial charge in [-0.1, -0.05) is 12.1 Å². The molecule has 142 valence electrons. The molecule has 0 radical (unpaired) electrons. The number of carbonyl (C=O) groups is 2. The number of amides is 2. The van der Waals surface area contributed by atoms with E-state index >= 15 is 0 Å². The predicted octanol–water partition coefficient (Wildman–Crippen LogP) is 3.70. The van der Waals surface area contributed by atoms with Gasteiger partial charge >= 0.3 is 0 Å². The SMILES string of the molecule is CCOc1cccc(CN(CC)C(=O)[C@@H]2CC(=O)Nc3ccc(F)cc32)c1. The molecule has 1 aliphatic rings. The van der Waals surface area contributed by atoms with Crippen LogP contribution in [0.3, 0.4) is 0 Å². The van der Waals surface area contributed by atoms with Gasteiger partial charge in [0.05, 0.1) is 12.5 Å². The second kappa shape index (κ2) is 8.20. The minimum Gasteiger partial charge on any atom is -0.494 e. The molecule has 5 nitrogen and oxygen atoms in total. The fourth-order valence-electron chi connectivity index (χ4n) is 3.34. The highest BCUT2D eigenvalue weighted by molar-refractivity contribution is 6.01. The average molecular weight is 370 g/mol. The monoisotopic (exact) mass is 370 g/mol. The Balaban J connectivity index is 1.84. The van der Waals surface area contributed by atoms with Gasteiger partial charge in [-0.05, 0) is 55.3 Å². The molecule has 2 amide bonds. The van der Waals surface area contributed by atoms with Crippen molar-refractivity contribution in [2.45, 2.75) is 32.7 Å². The van der Waals surface area contributed by atoms with Crippen molar-refractivity contribution in [2.24, 2.45) is 0 Å². The van der Waals surface area contributed by atoms with Gasteiger partial charge in [0.25, 0.3) is 0 Å². The van der Waals surface area contributed by atoms with Crippen molar-refractivity contribution in [3.8, 4) is 5.75 Å². The van der Waals surface area contributed by atoms with Crippen LogP contribution in [0.5, 0.6) is 5.75 Å². The summed E-state index contributed by atoms with van der Waals surface area (Å²) in [6.07, 6.45) is 0.0186. The molecule has 0 saturated heterocycles. The summed E-state index contributed by atoms with van der Waals surface area (Å²) in [6.45, 7) is 5.26. The lowest BCUT2D eigenvalue weighted by atomic mass is 9.89. The third-order valence-electron chi connectivity index (χ3n) is 4.63. The third-order valence-corrected chi connectivity index (χ3v) is 4.63. The number of likely N-dealkylation sites (N-methyl/N-ethyl adjacent to an activating group) is 1. The largest absolute Gasteiger partial charge is 0.494 e. The Labute approximate surface area is 158 Å². The molecule has 0 unspecified atom stereocenters. The number of anilines is 1. The van der Waals surface area contributed by atoms with E-state index in [1.807, 2.05) is 38.1 Å². The standard InChI is InChI=1S/C21H23FN2O3/c1-3-24(13-14-6-5-7-16(10-14)27-4-2)21(26)18-12-20(25)23-19-9-8-15(22)11-17(18)19/h5-11,18H,3-4,12-13H2,1-2H3,(H,23,25)/t18-/m1/s1. The van der Waals surface area contributed by atoms with Gasteiger partial charge in [0.1, 0.15) is 11.6 Å². The first-order valence-corrected chi connectivity index (χ1v) is 9.11. The van der Waals surface area contributed by atoms with Crippen LogP contribution in [0.4, 0.5) is 10.1 Å². The zero-order chi connectivity index (χ0) is 19.4. The lowest BCUT2D eigenvalue weighted by Gasteiger charge is -2.30. The molecular weight excluding hydrogens is 347 g/mol. The summed E-state index contributed by atoms with van der Waals surface area (Å²) in [5.74, 6) is -0.763. The number of ether oxygens (including phenoxy) is 1. The van der Waals surface area contributed by atoms with Crippen molar-refractivity contribution in [2.75, 3.05) is 18.5 Å². The lowest BCUT2D eigenvalue weighted by molar-refractivity contribution is -0.135. The molecule has 0 bridgehead atoms. The molecule has 1 atom stereocenters. The van der Waals surface area contributed by atoms with E-state index in [9.17, 15) is 14.0 Å². The molecule has 0 saturated carbocycles. The van der Waals surface area contributed by atoms with Gasteiger partial charge in [-0.2, -0.15) is 0 Å². The summed E-state index contributed by atoms with van der Waals surface area (Å²) in [7, 11) is 0. The molecule has 1 aliphatic heterocycles. The third kappa shape index (κ3) is 4.27. The highest BCUT2D eigenvalue weighted by Crippen LogP contribution is 2.34. The highest BCUT2D eigenvalue weighted by Gasteiger charge is 2.33. The molecule has 3 rings (SSSR count). The zero-order valence-corrected chi connectivity index (χ0v) is 15.5. The second-order valence-corrected chi connectivity index (χ2v) is 6.47. The van der Waals surface area contributed by atoms with E-state index in [1.54, 1.807) is 4.90 Å². The Hall–Kier alpha value is -2.89. The van der Waals surface area contributed by atoms with Crippen LogP contribution in [0.15, 0.2) is 42.5 Å². The van der Waals surface area contributed by atoms with Gasteiger partial charge in [0.15, 0.2) is 0 Å². The first kappa shape index (κ1) is 18.9. The van der Waals surface area contributed by atoms with E-state index in [2.05, 4.69) is 5.32 Å². The van der Waals surface area contributed by atoms with Gasteiger partial charge in [-0.15, -0.1) is 0 Å². The summed E-state index contributed by atoms with van der Waals surface area (Å²) in [5.41, 5.74) is 1.97. The minimum atomic E-state index is -0.681. The van der Waals surface area contributed by atoms with Crippen molar-refractivity contribution >= 4 is 17.5 Å². The van der Waals surface area contributed by atoms with E-state index in [4.69, 9.17) is 4.74 Å². The normalized spacial score (nSPS) is 15.7. The van der Waals surface area contributed by atoms with E-state index < -0.39 is 11.7 Å². The van der Waals surface area contributed by atoms with Crippen LogP contribution in [0.1, 0.15) is 37.3 Å². The van der Waals surface area contributed by atoms with Crippen LogP contribution in [0, 0.1) is 5.82 Å². The number of nitrogens with zero attached hydrogens (tertiary/aromatic N) is 1. The molecule has 0 spiro atoms. The Morgan fingerprint density at radius 1 is 1.26 bits per heavy atom. The maximum atomic E-state index is 13.7. The number of rotatable bonds is 6. The van der Waals surface area contributed by atoms with Gasteiger partial charge in [0.2, 0.25) is 11.8 Å². The smallest absolute Gasteiger partial charge is 0.231 e. The molecule has 6 heteroatoms. The van der Waals surface area contributed by atoms with E-state index in [0.29, 0.717) is 30.9 Å². The first-order chi connectivity index (χ1) is 13.0. The molecule has 1 N–H and O–H groups in total. The Morgan fingerprint density at radius 2 is 2.07 bits per heavy atom. The summed E-state index contributed by atoms with van der Waals surface area (Å²) >= 11 is 0. The van der Waals surface area contributed by atoms with E-state index in [0.717, 1.165) is 11.3 Å². The van der Waals surface area contributed by atoms with Crippen molar-refractivity contribution in [1.29, 1.82) is 0 Å². The lowest BCUT2D eigenvalue weighted by Crippen LogP contribution is -2.38. The quantitative estimate of drug-likeness (QED) is 0.844. The maximum absolute atomic E-state index is 13.7. The summed E-state index contributed by atoms with van der Waals surface area (Å²) in [4.78, 5) is 26.9. The summed E-state index contributed by atoms with van der Waals surface area (Å²) in [5, 5.41) is 2.71. The Kier molecular flexibility index (Phi) is 5.74. The van der Waals surface area contributed by atoms with Gasteiger partial charge < -0.3 is 15.0 Å². The zero-order valence-electron chi connectivity index (χ0n) is 15.5. The first-order valence-electron chi connectivity index (χ1n) is 9.11.